The Kier molecular flexibility index (Phi) is 5.37. The number of hydrogen-bond acceptors (Lipinski definition) is 3. The Morgan fingerprint density at radius 2 is 1.88 bits per heavy atom. The highest BCUT2D eigenvalue weighted by Gasteiger charge is 2.31. The van der Waals surface area contributed by atoms with Crippen molar-refractivity contribution in [1.82, 2.24) is 9.03 Å². The largest absolute Gasteiger partial charge is 0.395 e. The van der Waals surface area contributed by atoms with Crippen LogP contribution in [-0.4, -0.2) is 43.6 Å². The molecule has 0 aromatic carbocycles. The molecule has 17 heavy (non-hydrogen) atoms. The summed E-state index contributed by atoms with van der Waals surface area (Å²) >= 11 is 0. The van der Waals surface area contributed by atoms with E-state index in [4.69, 9.17) is 5.11 Å². The Hall–Kier alpha value is -0.170. The van der Waals surface area contributed by atoms with Gasteiger partial charge in [-0.25, -0.2) is 0 Å². The quantitative estimate of drug-likeness (QED) is 0.763. The van der Waals surface area contributed by atoms with E-state index in [-0.39, 0.29) is 12.6 Å². The maximum atomic E-state index is 12.1. The number of nitrogens with zero attached hydrogens (tertiary/aromatic N) is 1. The molecular formula is C11H24N2O3S. The molecule has 1 fully saturated rings. The third-order valence-electron chi connectivity index (χ3n) is 3.20. The maximum Gasteiger partial charge on any atom is 0.279 e. The van der Waals surface area contributed by atoms with Gasteiger partial charge in [-0.15, -0.1) is 0 Å². The fourth-order valence-electron chi connectivity index (χ4n) is 2.34. The lowest BCUT2D eigenvalue weighted by Crippen LogP contribution is -2.51. The van der Waals surface area contributed by atoms with Gasteiger partial charge in [0.15, 0.2) is 0 Å². The van der Waals surface area contributed by atoms with Crippen LogP contribution in [0.15, 0.2) is 0 Å². The third-order valence-corrected chi connectivity index (χ3v) is 4.81. The zero-order valence-corrected chi connectivity index (χ0v) is 11.7. The summed E-state index contributed by atoms with van der Waals surface area (Å²) in [6.07, 6.45) is 1.66. The topological polar surface area (TPSA) is 69.6 Å². The summed E-state index contributed by atoms with van der Waals surface area (Å²) in [5, 5.41) is 9.05. The van der Waals surface area contributed by atoms with Gasteiger partial charge in [-0.2, -0.15) is 17.4 Å². The van der Waals surface area contributed by atoms with E-state index in [0.717, 1.165) is 6.42 Å². The van der Waals surface area contributed by atoms with Crippen molar-refractivity contribution in [2.24, 2.45) is 11.8 Å². The summed E-state index contributed by atoms with van der Waals surface area (Å²) in [6.45, 7) is 6.98. The number of piperidine rings is 1. The molecule has 102 valence electrons. The highest BCUT2D eigenvalue weighted by molar-refractivity contribution is 7.87. The first-order valence-electron chi connectivity index (χ1n) is 6.27. The number of rotatable bonds is 5. The Labute approximate surface area is 104 Å². The molecule has 3 atom stereocenters. The Bertz CT molecular complexity index is 318. The van der Waals surface area contributed by atoms with Crippen LogP contribution in [-0.2, 0) is 10.2 Å². The van der Waals surface area contributed by atoms with Crippen molar-refractivity contribution in [3.8, 4) is 0 Å². The van der Waals surface area contributed by atoms with Gasteiger partial charge in [0.25, 0.3) is 10.2 Å². The van der Waals surface area contributed by atoms with E-state index in [0.29, 0.717) is 31.3 Å². The lowest BCUT2D eigenvalue weighted by molar-refractivity contribution is 0.213. The highest BCUT2D eigenvalue weighted by Crippen LogP contribution is 2.22. The minimum Gasteiger partial charge on any atom is -0.395 e. The van der Waals surface area contributed by atoms with E-state index in [1.54, 1.807) is 0 Å². The van der Waals surface area contributed by atoms with Gasteiger partial charge >= 0.3 is 0 Å². The van der Waals surface area contributed by atoms with Crippen LogP contribution >= 0.6 is 0 Å². The van der Waals surface area contributed by atoms with Crippen molar-refractivity contribution >= 4 is 10.2 Å². The second-order valence-electron chi connectivity index (χ2n) is 5.17. The van der Waals surface area contributed by atoms with Gasteiger partial charge in [0.05, 0.1) is 6.61 Å². The van der Waals surface area contributed by atoms with E-state index >= 15 is 0 Å². The zero-order valence-electron chi connectivity index (χ0n) is 10.9. The first-order chi connectivity index (χ1) is 7.89. The summed E-state index contributed by atoms with van der Waals surface area (Å²) in [6, 6.07) is -0.382. The molecule has 0 radical (unpaired) electrons. The zero-order chi connectivity index (χ0) is 13.1. The summed E-state index contributed by atoms with van der Waals surface area (Å²) in [4.78, 5) is 0. The minimum absolute atomic E-state index is 0.158. The van der Waals surface area contributed by atoms with E-state index in [1.807, 2.05) is 6.92 Å². The van der Waals surface area contributed by atoms with Gasteiger partial charge in [-0.1, -0.05) is 20.8 Å². The van der Waals surface area contributed by atoms with Crippen molar-refractivity contribution < 1.29 is 13.5 Å². The standard InChI is InChI=1S/C11H24N2O3S/c1-4-11(8-14)12-17(15,16)13-6-9(2)5-10(3)7-13/h9-12,14H,4-8H2,1-3H3. The fourth-order valence-corrected chi connectivity index (χ4v) is 4.05. The van der Waals surface area contributed by atoms with E-state index in [2.05, 4.69) is 18.6 Å². The van der Waals surface area contributed by atoms with E-state index in [9.17, 15) is 8.42 Å². The van der Waals surface area contributed by atoms with Crippen LogP contribution in [0.5, 0.6) is 0 Å². The first kappa shape index (κ1) is 14.9. The van der Waals surface area contributed by atoms with Crippen LogP contribution in [0.4, 0.5) is 0 Å². The van der Waals surface area contributed by atoms with Crippen molar-refractivity contribution in [2.45, 2.75) is 39.7 Å². The molecule has 1 aliphatic heterocycles. The highest BCUT2D eigenvalue weighted by atomic mass is 32.2. The molecule has 0 aromatic heterocycles. The number of hydrogen-bond donors (Lipinski definition) is 2. The molecule has 0 aromatic rings. The fraction of sp³-hybridized carbons (Fsp3) is 1.00. The lowest BCUT2D eigenvalue weighted by atomic mass is 9.94. The van der Waals surface area contributed by atoms with Crippen LogP contribution in [0.2, 0.25) is 0 Å². The summed E-state index contributed by atoms with van der Waals surface area (Å²) in [5.74, 6) is 0.786. The normalized spacial score (nSPS) is 29.2. The molecule has 2 N–H and O–H groups in total. The van der Waals surface area contributed by atoms with E-state index < -0.39 is 10.2 Å². The molecule has 5 nitrogen and oxygen atoms in total. The molecule has 1 aliphatic rings. The molecule has 1 heterocycles. The van der Waals surface area contributed by atoms with Crippen LogP contribution in [0.3, 0.4) is 0 Å². The average molecular weight is 264 g/mol. The average Bonchev–Trinajstić information content (AvgIpc) is 2.24. The minimum atomic E-state index is -3.45. The molecule has 1 rings (SSSR count). The third kappa shape index (κ3) is 4.21. The first-order valence-corrected chi connectivity index (χ1v) is 7.71. The molecule has 6 heteroatoms. The number of aliphatic hydroxyl groups excluding tert-OH is 1. The molecule has 0 aliphatic carbocycles. The SMILES string of the molecule is CCC(CO)NS(=O)(=O)N1CC(C)CC(C)C1. The smallest absolute Gasteiger partial charge is 0.279 e. The van der Waals surface area contributed by atoms with Crippen LogP contribution in [0.1, 0.15) is 33.6 Å². The van der Waals surface area contributed by atoms with Gasteiger partial charge in [0.2, 0.25) is 0 Å². The molecule has 1 saturated heterocycles. The number of nitrogens with one attached hydrogen (secondary N) is 1. The Morgan fingerprint density at radius 3 is 2.29 bits per heavy atom. The van der Waals surface area contributed by atoms with E-state index in [1.165, 1.54) is 4.31 Å². The van der Waals surface area contributed by atoms with Crippen molar-refractivity contribution in [3.05, 3.63) is 0 Å². The predicted octanol–water partition coefficient (Wildman–Crippen LogP) is 0.570. The van der Waals surface area contributed by atoms with Gasteiger partial charge in [0.1, 0.15) is 0 Å². The van der Waals surface area contributed by atoms with Crippen LogP contribution in [0, 0.1) is 11.8 Å². The molecule has 3 unspecified atom stereocenters. The molecule has 0 amide bonds. The maximum absolute atomic E-state index is 12.1. The predicted molar refractivity (Wildman–Crippen MR) is 67.7 cm³/mol. The molecule has 0 bridgehead atoms. The summed E-state index contributed by atoms with van der Waals surface area (Å²) < 4.78 is 28.3. The van der Waals surface area contributed by atoms with Gasteiger partial charge < -0.3 is 5.11 Å². The van der Waals surface area contributed by atoms with Crippen molar-refractivity contribution in [3.63, 3.8) is 0 Å². The molecule has 0 spiro atoms. The Balaban J connectivity index is 2.69. The van der Waals surface area contributed by atoms with Crippen molar-refractivity contribution in [1.29, 1.82) is 0 Å². The monoisotopic (exact) mass is 264 g/mol. The van der Waals surface area contributed by atoms with Gasteiger partial charge in [-0.05, 0) is 24.7 Å². The van der Waals surface area contributed by atoms with Gasteiger partial charge in [0, 0.05) is 19.1 Å². The second kappa shape index (κ2) is 6.13. The molecule has 0 saturated carbocycles. The number of aliphatic hydroxyl groups is 1. The molecular weight excluding hydrogens is 240 g/mol. The lowest BCUT2D eigenvalue weighted by Gasteiger charge is -2.34. The van der Waals surface area contributed by atoms with Crippen LogP contribution < -0.4 is 4.72 Å². The van der Waals surface area contributed by atoms with Gasteiger partial charge in [-0.3, -0.25) is 0 Å². The second-order valence-corrected chi connectivity index (χ2v) is 6.88. The Morgan fingerprint density at radius 1 is 1.35 bits per heavy atom. The summed E-state index contributed by atoms with van der Waals surface area (Å²) in [5.41, 5.74) is 0. The summed E-state index contributed by atoms with van der Waals surface area (Å²) in [7, 11) is -3.45. The van der Waals surface area contributed by atoms with Crippen molar-refractivity contribution in [2.75, 3.05) is 19.7 Å². The van der Waals surface area contributed by atoms with Crippen LogP contribution in [0.25, 0.3) is 0 Å².